The summed E-state index contributed by atoms with van der Waals surface area (Å²) in [6.07, 6.45) is 4.35. The molecule has 2 N–H and O–H groups in total. The zero-order chi connectivity index (χ0) is 15.5. The standard InChI is InChI=1S/C17H17N3O2/c18-16(21)13-8-9-14(19-11-13)17(22)20-10-4-3-6-12-5-1-2-7-15(12)20/h1-2,5,7-9,11H,3-4,6,10H2,(H2,18,21). The normalized spacial score (nSPS) is 14.1. The topological polar surface area (TPSA) is 76.3 Å². The number of pyridine rings is 1. The fraction of sp³-hybridized carbons (Fsp3) is 0.235. The second-order valence-electron chi connectivity index (χ2n) is 5.34. The molecule has 22 heavy (non-hydrogen) atoms. The molecule has 1 aliphatic heterocycles. The fourth-order valence-electron chi connectivity index (χ4n) is 2.71. The first-order valence-electron chi connectivity index (χ1n) is 7.32. The molecule has 0 unspecified atom stereocenters. The summed E-state index contributed by atoms with van der Waals surface area (Å²) in [6.45, 7) is 0.676. The van der Waals surface area contributed by atoms with Gasteiger partial charge in [0.05, 0.1) is 5.56 Å². The highest BCUT2D eigenvalue weighted by Crippen LogP contribution is 2.27. The Hall–Kier alpha value is -2.69. The van der Waals surface area contributed by atoms with E-state index in [1.807, 2.05) is 18.2 Å². The lowest BCUT2D eigenvalue weighted by Gasteiger charge is -2.22. The first-order chi connectivity index (χ1) is 10.7. The van der Waals surface area contributed by atoms with Gasteiger partial charge in [-0.1, -0.05) is 18.2 Å². The summed E-state index contributed by atoms with van der Waals surface area (Å²) >= 11 is 0. The summed E-state index contributed by atoms with van der Waals surface area (Å²) in [4.78, 5) is 29.7. The summed E-state index contributed by atoms with van der Waals surface area (Å²) in [5.41, 5.74) is 7.94. The van der Waals surface area contributed by atoms with E-state index in [1.165, 1.54) is 17.8 Å². The molecule has 2 aromatic rings. The molecule has 5 nitrogen and oxygen atoms in total. The van der Waals surface area contributed by atoms with Crippen LogP contribution in [0.5, 0.6) is 0 Å². The predicted molar refractivity (Wildman–Crippen MR) is 83.8 cm³/mol. The van der Waals surface area contributed by atoms with E-state index in [-0.39, 0.29) is 5.91 Å². The van der Waals surface area contributed by atoms with E-state index in [9.17, 15) is 9.59 Å². The van der Waals surface area contributed by atoms with Gasteiger partial charge in [0, 0.05) is 18.4 Å². The van der Waals surface area contributed by atoms with Gasteiger partial charge in [0.2, 0.25) is 5.91 Å². The van der Waals surface area contributed by atoms with Crippen molar-refractivity contribution < 1.29 is 9.59 Å². The van der Waals surface area contributed by atoms with Gasteiger partial charge in [-0.15, -0.1) is 0 Å². The average molecular weight is 295 g/mol. The van der Waals surface area contributed by atoms with Crippen LogP contribution in [0.15, 0.2) is 42.6 Å². The maximum Gasteiger partial charge on any atom is 0.276 e. The third-order valence-corrected chi connectivity index (χ3v) is 3.87. The van der Waals surface area contributed by atoms with E-state index in [0.29, 0.717) is 17.8 Å². The minimum Gasteiger partial charge on any atom is -0.366 e. The maximum absolute atomic E-state index is 12.7. The number of para-hydroxylation sites is 1. The number of aryl methyl sites for hydroxylation is 1. The van der Waals surface area contributed by atoms with Crippen molar-refractivity contribution in [3.8, 4) is 0 Å². The number of carbonyl (C=O) groups excluding carboxylic acids is 2. The molecular weight excluding hydrogens is 278 g/mol. The van der Waals surface area contributed by atoms with Gasteiger partial charge in [-0.2, -0.15) is 0 Å². The third kappa shape index (κ3) is 2.70. The minimum absolute atomic E-state index is 0.148. The zero-order valence-corrected chi connectivity index (χ0v) is 12.2. The molecule has 0 atom stereocenters. The molecule has 2 amide bonds. The summed E-state index contributed by atoms with van der Waals surface area (Å²) in [6, 6.07) is 11.0. The van der Waals surface area contributed by atoms with Crippen molar-refractivity contribution in [3.05, 3.63) is 59.4 Å². The van der Waals surface area contributed by atoms with Crippen molar-refractivity contribution in [2.24, 2.45) is 5.73 Å². The van der Waals surface area contributed by atoms with Crippen molar-refractivity contribution >= 4 is 17.5 Å². The molecule has 1 aromatic carbocycles. The number of benzene rings is 1. The Morgan fingerprint density at radius 2 is 1.91 bits per heavy atom. The molecule has 0 aliphatic carbocycles. The lowest BCUT2D eigenvalue weighted by atomic mass is 10.1. The molecule has 1 aromatic heterocycles. The van der Waals surface area contributed by atoms with Crippen molar-refractivity contribution in [2.75, 3.05) is 11.4 Å². The smallest absolute Gasteiger partial charge is 0.276 e. The number of aromatic nitrogens is 1. The van der Waals surface area contributed by atoms with Crippen LogP contribution in [-0.4, -0.2) is 23.3 Å². The number of nitrogens with two attached hydrogens (primary N) is 1. The Morgan fingerprint density at radius 1 is 1.09 bits per heavy atom. The number of hydrogen-bond acceptors (Lipinski definition) is 3. The van der Waals surface area contributed by atoms with Crippen LogP contribution in [0.25, 0.3) is 0 Å². The molecule has 0 bridgehead atoms. The maximum atomic E-state index is 12.7. The van der Waals surface area contributed by atoms with Gasteiger partial charge >= 0.3 is 0 Å². The Labute approximate surface area is 128 Å². The molecule has 0 spiro atoms. The highest BCUT2D eigenvalue weighted by atomic mass is 16.2. The van der Waals surface area contributed by atoms with E-state index in [1.54, 1.807) is 11.0 Å². The first kappa shape index (κ1) is 14.3. The van der Waals surface area contributed by atoms with Crippen LogP contribution in [0.3, 0.4) is 0 Å². The zero-order valence-electron chi connectivity index (χ0n) is 12.2. The number of hydrogen-bond donors (Lipinski definition) is 1. The Bertz CT molecular complexity index is 710. The Kier molecular flexibility index (Phi) is 3.87. The highest BCUT2D eigenvalue weighted by Gasteiger charge is 2.23. The summed E-state index contributed by atoms with van der Waals surface area (Å²) < 4.78 is 0. The number of anilines is 1. The molecule has 0 saturated carbocycles. The van der Waals surface area contributed by atoms with Gasteiger partial charge in [0.25, 0.3) is 5.91 Å². The SMILES string of the molecule is NC(=O)c1ccc(C(=O)N2CCCCc3ccccc32)nc1. The van der Waals surface area contributed by atoms with Crippen LogP contribution >= 0.6 is 0 Å². The Morgan fingerprint density at radius 3 is 2.64 bits per heavy atom. The van der Waals surface area contributed by atoms with E-state index in [2.05, 4.69) is 11.1 Å². The van der Waals surface area contributed by atoms with Crippen LogP contribution < -0.4 is 10.6 Å². The number of carbonyl (C=O) groups is 2. The van der Waals surface area contributed by atoms with Gasteiger partial charge in [-0.05, 0) is 43.0 Å². The van der Waals surface area contributed by atoms with Gasteiger partial charge in [-0.25, -0.2) is 0 Å². The predicted octanol–water partition coefficient (Wildman–Crippen LogP) is 2.16. The van der Waals surface area contributed by atoms with E-state index >= 15 is 0 Å². The van der Waals surface area contributed by atoms with Crippen molar-refractivity contribution in [1.29, 1.82) is 0 Å². The van der Waals surface area contributed by atoms with Gasteiger partial charge in [-0.3, -0.25) is 14.6 Å². The second kappa shape index (κ2) is 5.97. The quantitative estimate of drug-likeness (QED) is 0.922. The number of fused-ring (bicyclic) bond motifs is 1. The third-order valence-electron chi connectivity index (χ3n) is 3.87. The molecular formula is C17H17N3O2. The van der Waals surface area contributed by atoms with Crippen molar-refractivity contribution in [1.82, 2.24) is 4.98 Å². The van der Waals surface area contributed by atoms with Crippen molar-refractivity contribution in [3.63, 3.8) is 0 Å². The van der Waals surface area contributed by atoms with Gasteiger partial charge in [0.1, 0.15) is 5.69 Å². The van der Waals surface area contributed by atoms with Crippen LogP contribution in [0, 0.1) is 0 Å². The minimum atomic E-state index is -0.549. The van der Waals surface area contributed by atoms with Crippen LogP contribution in [-0.2, 0) is 6.42 Å². The molecule has 3 rings (SSSR count). The number of rotatable bonds is 2. The van der Waals surface area contributed by atoms with E-state index in [4.69, 9.17) is 5.73 Å². The van der Waals surface area contributed by atoms with E-state index < -0.39 is 5.91 Å². The molecule has 5 heteroatoms. The average Bonchev–Trinajstić information content (AvgIpc) is 2.76. The molecule has 0 saturated heterocycles. The van der Waals surface area contributed by atoms with E-state index in [0.717, 1.165) is 24.9 Å². The molecule has 0 fully saturated rings. The summed E-state index contributed by atoms with van der Waals surface area (Å²) in [5, 5.41) is 0. The Balaban J connectivity index is 1.93. The van der Waals surface area contributed by atoms with Crippen LogP contribution in [0.2, 0.25) is 0 Å². The second-order valence-corrected chi connectivity index (χ2v) is 5.34. The number of primary amides is 1. The molecule has 112 valence electrons. The molecule has 1 aliphatic rings. The van der Waals surface area contributed by atoms with Crippen LogP contribution in [0.1, 0.15) is 39.3 Å². The van der Waals surface area contributed by atoms with Crippen LogP contribution in [0.4, 0.5) is 5.69 Å². The molecule has 2 heterocycles. The number of nitrogens with zero attached hydrogens (tertiary/aromatic N) is 2. The molecule has 0 radical (unpaired) electrons. The number of amides is 2. The largest absolute Gasteiger partial charge is 0.366 e. The van der Waals surface area contributed by atoms with Gasteiger partial charge < -0.3 is 10.6 Å². The summed E-state index contributed by atoms with van der Waals surface area (Å²) in [5.74, 6) is -0.697. The fourth-order valence-corrected chi connectivity index (χ4v) is 2.71. The van der Waals surface area contributed by atoms with Crippen molar-refractivity contribution in [2.45, 2.75) is 19.3 Å². The first-order valence-corrected chi connectivity index (χ1v) is 7.32. The lowest BCUT2D eigenvalue weighted by molar-refractivity contribution is 0.0975. The highest BCUT2D eigenvalue weighted by molar-refractivity contribution is 6.05. The van der Waals surface area contributed by atoms with Gasteiger partial charge in [0.15, 0.2) is 0 Å². The lowest BCUT2D eigenvalue weighted by Crippen LogP contribution is -2.32. The monoisotopic (exact) mass is 295 g/mol. The summed E-state index contributed by atoms with van der Waals surface area (Å²) in [7, 11) is 0.